The summed E-state index contributed by atoms with van der Waals surface area (Å²) in [5.41, 5.74) is 0. The quantitative estimate of drug-likeness (QED) is 0.584. The Morgan fingerprint density at radius 3 is 2.68 bits per heavy atom. The molecule has 1 atom stereocenters. The van der Waals surface area contributed by atoms with Crippen LogP contribution in [0.3, 0.4) is 0 Å². The van der Waals surface area contributed by atoms with Gasteiger partial charge in [-0.2, -0.15) is 0 Å². The topological polar surface area (TPSA) is 85.6 Å². The SMILES string of the molecule is CNC(=O)C(OC(=O)CCCc1ccco1)C(C)=O. The van der Waals surface area contributed by atoms with Crippen LogP contribution in [-0.2, 0) is 25.5 Å². The van der Waals surface area contributed by atoms with Crippen LogP contribution in [0.2, 0.25) is 0 Å². The number of ketones is 1. The van der Waals surface area contributed by atoms with Gasteiger partial charge in [0.1, 0.15) is 5.76 Å². The van der Waals surface area contributed by atoms with E-state index in [1.165, 1.54) is 14.0 Å². The molecule has 0 aromatic carbocycles. The van der Waals surface area contributed by atoms with E-state index in [4.69, 9.17) is 9.15 Å². The minimum absolute atomic E-state index is 0.126. The van der Waals surface area contributed by atoms with Crippen molar-refractivity contribution in [2.45, 2.75) is 32.3 Å². The molecule has 0 saturated heterocycles. The number of amides is 1. The van der Waals surface area contributed by atoms with E-state index >= 15 is 0 Å². The minimum Gasteiger partial charge on any atom is -0.469 e. The molecule has 0 aliphatic rings. The van der Waals surface area contributed by atoms with E-state index in [-0.39, 0.29) is 6.42 Å². The molecule has 0 radical (unpaired) electrons. The number of Topliss-reactive ketones (excluding diaryl/α,β-unsaturated/α-hetero) is 1. The highest BCUT2D eigenvalue weighted by atomic mass is 16.6. The predicted molar refractivity (Wildman–Crippen MR) is 66.3 cm³/mol. The van der Waals surface area contributed by atoms with E-state index in [1.807, 2.05) is 6.07 Å². The molecule has 0 aliphatic carbocycles. The first-order chi connectivity index (χ1) is 9.04. The van der Waals surface area contributed by atoms with E-state index in [0.717, 1.165) is 5.76 Å². The van der Waals surface area contributed by atoms with Crippen molar-refractivity contribution < 1.29 is 23.5 Å². The first kappa shape index (κ1) is 14.9. The van der Waals surface area contributed by atoms with Crippen LogP contribution in [0.4, 0.5) is 0 Å². The third-order valence-corrected chi connectivity index (χ3v) is 2.49. The van der Waals surface area contributed by atoms with Crippen molar-refractivity contribution in [3.63, 3.8) is 0 Å². The van der Waals surface area contributed by atoms with Crippen molar-refractivity contribution in [2.24, 2.45) is 0 Å². The molecular weight excluding hydrogens is 250 g/mol. The van der Waals surface area contributed by atoms with Crippen LogP contribution in [0.1, 0.15) is 25.5 Å². The normalized spacial score (nSPS) is 11.7. The summed E-state index contributed by atoms with van der Waals surface area (Å²) >= 11 is 0. The van der Waals surface area contributed by atoms with Crippen molar-refractivity contribution in [2.75, 3.05) is 7.05 Å². The monoisotopic (exact) mass is 267 g/mol. The van der Waals surface area contributed by atoms with Gasteiger partial charge in [0.2, 0.25) is 6.10 Å². The van der Waals surface area contributed by atoms with E-state index in [0.29, 0.717) is 12.8 Å². The van der Waals surface area contributed by atoms with Gasteiger partial charge in [-0.25, -0.2) is 0 Å². The number of aryl methyl sites for hydroxylation is 1. The lowest BCUT2D eigenvalue weighted by Crippen LogP contribution is -2.40. The van der Waals surface area contributed by atoms with Crippen LogP contribution in [0.15, 0.2) is 22.8 Å². The summed E-state index contributed by atoms with van der Waals surface area (Å²) in [6, 6.07) is 3.58. The standard InChI is InChI=1S/C13H17NO5/c1-9(15)12(13(17)14-2)19-11(16)7-3-5-10-6-4-8-18-10/h4,6,8,12H,3,5,7H2,1-2H3,(H,14,17). The van der Waals surface area contributed by atoms with Crippen LogP contribution in [0.25, 0.3) is 0 Å². The maximum atomic E-state index is 11.5. The fourth-order valence-corrected chi connectivity index (χ4v) is 1.50. The molecule has 6 heteroatoms. The average molecular weight is 267 g/mol. The van der Waals surface area contributed by atoms with Crippen molar-refractivity contribution in [3.8, 4) is 0 Å². The van der Waals surface area contributed by atoms with Gasteiger partial charge < -0.3 is 14.5 Å². The zero-order chi connectivity index (χ0) is 14.3. The first-order valence-electron chi connectivity index (χ1n) is 5.98. The number of hydrogen-bond donors (Lipinski definition) is 1. The van der Waals surface area contributed by atoms with Crippen LogP contribution < -0.4 is 5.32 Å². The second kappa shape index (κ2) is 7.35. The fourth-order valence-electron chi connectivity index (χ4n) is 1.50. The van der Waals surface area contributed by atoms with Crippen LogP contribution >= 0.6 is 0 Å². The summed E-state index contributed by atoms with van der Waals surface area (Å²) in [4.78, 5) is 34.0. The Kier molecular flexibility index (Phi) is 5.78. The highest BCUT2D eigenvalue weighted by Crippen LogP contribution is 2.07. The van der Waals surface area contributed by atoms with Gasteiger partial charge in [-0.05, 0) is 25.5 Å². The number of esters is 1. The summed E-state index contributed by atoms with van der Waals surface area (Å²) in [6.45, 7) is 1.20. The average Bonchev–Trinajstić information content (AvgIpc) is 2.87. The van der Waals surface area contributed by atoms with Gasteiger partial charge >= 0.3 is 5.97 Å². The zero-order valence-electron chi connectivity index (χ0n) is 11.0. The number of likely N-dealkylation sites (N-methyl/N-ethyl adjacent to an activating group) is 1. The maximum absolute atomic E-state index is 11.5. The lowest BCUT2D eigenvalue weighted by Gasteiger charge is -2.13. The summed E-state index contributed by atoms with van der Waals surface area (Å²) in [5, 5.41) is 2.28. The highest BCUT2D eigenvalue weighted by Gasteiger charge is 2.26. The predicted octanol–water partition coefficient (Wildman–Crippen LogP) is 0.849. The Bertz CT molecular complexity index is 438. The molecule has 1 N–H and O–H groups in total. The molecule has 1 aromatic heterocycles. The maximum Gasteiger partial charge on any atom is 0.307 e. The van der Waals surface area contributed by atoms with E-state index in [1.54, 1.807) is 12.3 Å². The van der Waals surface area contributed by atoms with Gasteiger partial charge in [0.25, 0.3) is 5.91 Å². The van der Waals surface area contributed by atoms with Crippen molar-refractivity contribution in [1.29, 1.82) is 0 Å². The molecular formula is C13H17NO5. The summed E-state index contributed by atoms with van der Waals surface area (Å²) < 4.78 is 9.97. The number of carbonyl (C=O) groups excluding carboxylic acids is 3. The van der Waals surface area contributed by atoms with Crippen LogP contribution in [0, 0.1) is 0 Å². The summed E-state index contributed by atoms with van der Waals surface area (Å²) in [7, 11) is 1.38. The molecule has 6 nitrogen and oxygen atoms in total. The molecule has 1 aromatic rings. The molecule has 0 fully saturated rings. The molecule has 1 rings (SSSR count). The Balaban J connectivity index is 2.36. The van der Waals surface area contributed by atoms with E-state index < -0.39 is 23.8 Å². The second-order valence-corrected chi connectivity index (χ2v) is 4.03. The minimum atomic E-state index is -1.36. The molecule has 0 bridgehead atoms. The Morgan fingerprint density at radius 2 is 2.16 bits per heavy atom. The molecule has 1 unspecified atom stereocenters. The summed E-state index contributed by atoms with van der Waals surface area (Å²) in [6.07, 6.45) is 1.46. The first-order valence-corrected chi connectivity index (χ1v) is 5.98. The molecule has 19 heavy (non-hydrogen) atoms. The lowest BCUT2D eigenvalue weighted by molar-refractivity contribution is -0.160. The van der Waals surface area contributed by atoms with Gasteiger partial charge in [-0.1, -0.05) is 0 Å². The molecule has 104 valence electrons. The Hall–Kier alpha value is -2.11. The molecule has 1 amide bonds. The van der Waals surface area contributed by atoms with Crippen molar-refractivity contribution in [1.82, 2.24) is 5.32 Å². The number of rotatable bonds is 7. The third-order valence-electron chi connectivity index (χ3n) is 2.49. The Labute approximate surface area is 111 Å². The smallest absolute Gasteiger partial charge is 0.307 e. The number of ether oxygens (including phenoxy) is 1. The largest absolute Gasteiger partial charge is 0.469 e. The molecule has 0 spiro atoms. The highest BCUT2D eigenvalue weighted by molar-refractivity contribution is 6.04. The molecule has 1 heterocycles. The molecule has 0 saturated carbocycles. The van der Waals surface area contributed by atoms with Gasteiger partial charge in [0.15, 0.2) is 5.78 Å². The number of furan rings is 1. The van der Waals surface area contributed by atoms with E-state index in [2.05, 4.69) is 5.32 Å². The van der Waals surface area contributed by atoms with Gasteiger partial charge in [-0.15, -0.1) is 0 Å². The third kappa shape index (κ3) is 4.95. The summed E-state index contributed by atoms with van der Waals surface area (Å²) in [5.74, 6) is -0.914. The fraction of sp³-hybridized carbons (Fsp3) is 0.462. The van der Waals surface area contributed by atoms with Gasteiger partial charge in [0.05, 0.1) is 6.26 Å². The van der Waals surface area contributed by atoms with Crippen LogP contribution in [0.5, 0.6) is 0 Å². The number of nitrogens with one attached hydrogen (secondary N) is 1. The number of hydrogen-bond acceptors (Lipinski definition) is 5. The second-order valence-electron chi connectivity index (χ2n) is 4.03. The molecule has 0 aliphatic heterocycles. The Morgan fingerprint density at radius 1 is 1.42 bits per heavy atom. The van der Waals surface area contributed by atoms with E-state index in [9.17, 15) is 14.4 Å². The van der Waals surface area contributed by atoms with Crippen molar-refractivity contribution >= 4 is 17.7 Å². The lowest BCUT2D eigenvalue weighted by atomic mass is 10.2. The zero-order valence-corrected chi connectivity index (χ0v) is 11.0. The van der Waals surface area contributed by atoms with Crippen molar-refractivity contribution in [3.05, 3.63) is 24.2 Å². The van der Waals surface area contributed by atoms with Gasteiger partial charge in [0, 0.05) is 19.9 Å². The van der Waals surface area contributed by atoms with Gasteiger partial charge in [-0.3, -0.25) is 14.4 Å². The number of carbonyl (C=O) groups is 3. The van der Waals surface area contributed by atoms with Crippen LogP contribution in [-0.4, -0.2) is 30.8 Å².